The molecule has 0 bridgehead atoms. The van der Waals surface area contributed by atoms with Crippen molar-refractivity contribution in [1.82, 2.24) is 14.9 Å². The summed E-state index contributed by atoms with van der Waals surface area (Å²) in [4.78, 5) is 37.2. The topological polar surface area (TPSA) is 101 Å². The standard InChI is InChI=1S/C12H17N3O4S/c1-8(2)5-13-10(17)6-15-4-3-9(16)14-12(15)20-7-11(18)19/h3-4,8H,5-7H2,1-2H3,(H,13,17)(H,18,19). The molecule has 0 aliphatic heterocycles. The van der Waals surface area contributed by atoms with Gasteiger partial charge in [0, 0.05) is 18.8 Å². The number of carbonyl (C=O) groups is 2. The highest BCUT2D eigenvalue weighted by atomic mass is 32.2. The Morgan fingerprint density at radius 1 is 1.50 bits per heavy atom. The third-order valence-electron chi connectivity index (χ3n) is 2.19. The Morgan fingerprint density at radius 2 is 2.20 bits per heavy atom. The SMILES string of the molecule is CC(C)CNC(=O)Cn1ccc(=O)nc1SCC(=O)O. The van der Waals surface area contributed by atoms with E-state index in [1.807, 2.05) is 13.8 Å². The zero-order valence-electron chi connectivity index (χ0n) is 11.3. The number of rotatable bonds is 7. The molecule has 0 aliphatic rings. The Bertz CT molecular complexity index is 542. The Labute approximate surface area is 120 Å². The zero-order chi connectivity index (χ0) is 15.1. The van der Waals surface area contributed by atoms with Gasteiger partial charge in [0.2, 0.25) is 5.91 Å². The van der Waals surface area contributed by atoms with Crippen molar-refractivity contribution in [1.29, 1.82) is 0 Å². The molecule has 8 heteroatoms. The van der Waals surface area contributed by atoms with Crippen LogP contribution in [0.3, 0.4) is 0 Å². The molecular formula is C12H17N3O4S. The Balaban J connectivity index is 2.75. The maximum Gasteiger partial charge on any atom is 0.313 e. The first-order chi connectivity index (χ1) is 9.38. The molecule has 1 amide bonds. The van der Waals surface area contributed by atoms with Crippen molar-refractivity contribution < 1.29 is 14.7 Å². The van der Waals surface area contributed by atoms with Gasteiger partial charge in [0.05, 0.1) is 5.75 Å². The number of thioether (sulfide) groups is 1. The number of carboxylic acid groups (broad SMARTS) is 1. The summed E-state index contributed by atoms with van der Waals surface area (Å²) in [6, 6.07) is 1.24. The maximum absolute atomic E-state index is 11.7. The zero-order valence-corrected chi connectivity index (χ0v) is 12.1. The number of nitrogens with zero attached hydrogens (tertiary/aromatic N) is 2. The van der Waals surface area contributed by atoms with Gasteiger partial charge in [-0.05, 0) is 5.92 Å². The van der Waals surface area contributed by atoms with E-state index >= 15 is 0 Å². The van der Waals surface area contributed by atoms with Crippen molar-refractivity contribution in [3.63, 3.8) is 0 Å². The molecule has 0 aliphatic carbocycles. The summed E-state index contributed by atoms with van der Waals surface area (Å²) >= 11 is 0.908. The van der Waals surface area contributed by atoms with Crippen LogP contribution in [0.15, 0.2) is 22.2 Å². The third kappa shape index (κ3) is 5.87. The summed E-state index contributed by atoms with van der Waals surface area (Å²) in [7, 11) is 0. The van der Waals surface area contributed by atoms with Crippen molar-refractivity contribution >= 4 is 23.6 Å². The summed E-state index contributed by atoms with van der Waals surface area (Å²) in [5.41, 5.74) is -0.461. The summed E-state index contributed by atoms with van der Waals surface area (Å²) in [5.74, 6) is -1.10. The normalized spacial score (nSPS) is 10.6. The van der Waals surface area contributed by atoms with Gasteiger partial charge in [-0.1, -0.05) is 25.6 Å². The highest BCUT2D eigenvalue weighted by Gasteiger charge is 2.10. The minimum atomic E-state index is -1.01. The van der Waals surface area contributed by atoms with Crippen LogP contribution in [-0.4, -0.2) is 38.8 Å². The van der Waals surface area contributed by atoms with Crippen molar-refractivity contribution in [2.75, 3.05) is 12.3 Å². The molecule has 110 valence electrons. The molecule has 0 fully saturated rings. The molecule has 0 saturated carbocycles. The molecule has 1 rings (SSSR count). The Kier molecular flexibility index (Phi) is 6.23. The lowest BCUT2D eigenvalue weighted by Gasteiger charge is -2.12. The van der Waals surface area contributed by atoms with E-state index in [0.29, 0.717) is 12.5 Å². The summed E-state index contributed by atoms with van der Waals surface area (Å²) in [5, 5.41) is 11.6. The van der Waals surface area contributed by atoms with E-state index in [4.69, 9.17) is 5.11 Å². The van der Waals surface area contributed by atoms with Crippen molar-refractivity contribution in [3.05, 3.63) is 22.6 Å². The average Bonchev–Trinajstić information content (AvgIpc) is 2.36. The largest absolute Gasteiger partial charge is 0.481 e. The molecule has 2 N–H and O–H groups in total. The quantitative estimate of drug-likeness (QED) is 0.550. The number of hydrogen-bond acceptors (Lipinski definition) is 5. The van der Waals surface area contributed by atoms with Crippen LogP contribution in [0, 0.1) is 5.92 Å². The molecular weight excluding hydrogens is 282 g/mol. The van der Waals surface area contributed by atoms with Crippen LogP contribution in [0.2, 0.25) is 0 Å². The monoisotopic (exact) mass is 299 g/mol. The first-order valence-corrected chi connectivity index (χ1v) is 7.06. The predicted octanol–water partition coefficient (Wildman–Crippen LogP) is 0.192. The van der Waals surface area contributed by atoms with Crippen LogP contribution >= 0.6 is 11.8 Å². The van der Waals surface area contributed by atoms with Crippen LogP contribution in [0.1, 0.15) is 13.8 Å². The summed E-state index contributed by atoms with van der Waals surface area (Å²) in [6.07, 6.45) is 1.44. The van der Waals surface area contributed by atoms with Gasteiger partial charge < -0.3 is 15.0 Å². The van der Waals surface area contributed by atoms with Crippen LogP contribution in [0.5, 0.6) is 0 Å². The Hall–Kier alpha value is -1.83. The molecule has 1 aromatic heterocycles. The van der Waals surface area contributed by atoms with Gasteiger partial charge in [-0.2, -0.15) is 4.98 Å². The highest BCUT2D eigenvalue weighted by Crippen LogP contribution is 2.13. The maximum atomic E-state index is 11.7. The van der Waals surface area contributed by atoms with Crippen molar-refractivity contribution in [2.24, 2.45) is 5.92 Å². The number of carboxylic acids is 1. The highest BCUT2D eigenvalue weighted by molar-refractivity contribution is 7.99. The molecule has 0 atom stereocenters. The average molecular weight is 299 g/mol. The number of nitrogens with one attached hydrogen (secondary N) is 1. The van der Waals surface area contributed by atoms with Crippen LogP contribution in [0.25, 0.3) is 0 Å². The lowest BCUT2D eigenvalue weighted by atomic mass is 10.2. The van der Waals surface area contributed by atoms with E-state index < -0.39 is 11.5 Å². The molecule has 20 heavy (non-hydrogen) atoms. The lowest BCUT2D eigenvalue weighted by molar-refractivity contribution is -0.133. The van der Waals surface area contributed by atoms with Gasteiger partial charge in [0.15, 0.2) is 5.16 Å². The Morgan fingerprint density at radius 3 is 2.80 bits per heavy atom. The second-order valence-corrected chi connectivity index (χ2v) is 5.50. The first kappa shape index (κ1) is 16.2. The third-order valence-corrected chi connectivity index (χ3v) is 3.17. The predicted molar refractivity (Wildman–Crippen MR) is 74.7 cm³/mol. The van der Waals surface area contributed by atoms with Gasteiger partial charge in [-0.15, -0.1) is 0 Å². The molecule has 0 radical (unpaired) electrons. The van der Waals surface area contributed by atoms with Crippen molar-refractivity contribution in [3.8, 4) is 0 Å². The van der Waals surface area contributed by atoms with E-state index in [0.717, 1.165) is 11.8 Å². The second kappa shape index (κ2) is 7.68. The number of aliphatic carboxylic acids is 1. The molecule has 0 saturated heterocycles. The van der Waals surface area contributed by atoms with Crippen LogP contribution in [0.4, 0.5) is 0 Å². The fraction of sp³-hybridized carbons (Fsp3) is 0.500. The molecule has 1 aromatic rings. The molecule has 0 unspecified atom stereocenters. The smallest absolute Gasteiger partial charge is 0.313 e. The number of amides is 1. The van der Waals surface area contributed by atoms with Gasteiger partial charge in [0.1, 0.15) is 6.54 Å². The van der Waals surface area contributed by atoms with E-state index in [2.05, 4.69) is 10.3 Å². The molecule has 1 heterocycles. The number of hydrogen-bond donors (Lipinski definition) is 2. The molecule has 7 nitrogen and oxygen atoms in total. The van der Waals surface area contributed by atoms with Gasteiger partial charge in [0.25, 0.3) is 5.56 Å². The van der Waals surface area contributed by atoms with E-state index in [1.165, 1.54) is 16.8 Å². The van der Waals surface area contributed by atoms with E-state index in [1.54, 1.807) is 0 Å². The first-order valence-electron chi connectivity index (χ1n) is 6.07. The summed E-state index contributed by atoms with van der Waals surface area (Å²) < 4.78 is 1.46. The fourth-order valence-electron chi connectivity index (χ4n) is 1.30. The lowest BCUT2D eigenvalue weighted by Crippen LogP contribution is -2.31. The summed E-state index contributed by atoms with van der Waals surface area (Å²) in [6.45, 7) is 4.52. The van der Waals surface area contributed by atoms with Gasteiger partial charge in [-0.25, -0.2) is 0 Å². The number of aromatic nitrogens is 2. The molecule has 0 aromatic carbocycles. The number of carbonyl (C=O) groups excluding carboxylic acids is 1. The molecule has 0 spiro atoms. The van der Waals surface area contributed by atoms with Crippen LogP contribution in [-0.2, 0) is 16.1 Å². The minimum Gasteiger partial charge on any atom is -0.481 e. The van der Waals surface area contributed by atoms with E-state index in [9.17, 15) is 14.4 Å². The fourth-order valence-corrected chi connectivity index (χ4v) is 2.00. The van der Waals surface area contributed by atoms with Crippen LogP contribution < -0.4 is 10.9 Å². The van der Waals surface area contributed by atoms with Crippen molar-refractivity contribution in [2.45, 2.75) is 25.5 Å². The van der Waals surface area contributed by atoms with E-state index in [-0.39, 0.29) is 23.4 Å². The minimum absolute atomic E-state index is 0.00194. The van der Waals surface area contributed by atoms with Gasteiger partial charge in [-0.3, -0.25) is 14.4 Å². The second-order valence-electron chi connectivity index (χ2n) is 4.56. The van der Waals surface area contributed by atoms with Gasteiger partial charge >= 0.3 is 5.97 Å².